The molecule has 0 bridgehead atoms. The molecule has 1 aromatic rings. The van der Waals surface area contributed by atoms with E-state index >= 15 is 0 Å². The SMILES string of the molecule is CC1C(C(=O)O)CCN1C(=O)c1c(F)cc(F)cc1F. The number of halogens is 3. The smallest absolute Gasteiger partial charge is 0.308 e. The molecular weight excluding hydrogens is 275 g/mol. The zero-order valence-electron chi connectivity index (χ0n) is 10.6. The molecule has 1 aliphatic heterocycles. The molecule has 1 amide bonds. The first-order valence-corrected chi connectivity index (χ1v) is 6.01. The molecule has 2 unspecified atom stereocenters. The van der Waals surface area contributed by atoms with Gasteiger partial charge in [-0.15, -0.1) is 0 Å². The minimum Gasteiger partial charge on any atom is -0.481 e. The summed E-state index contributed by atoms with van der Waals surface area (Å²) in [7, 11) is 0. The number of aliphatic carboxylic acids is 1. The van der Waals surface area contributed by atoms with Crippen LogP contribution in [-0.2, 0) is 4.79 Å². The molecule has 2 rings (SSSR count). The van der Waals surface area contributed by atoms with Crippen molar-refractivity contribution < 1.29 is 27.9 Å². The Bertz CT molecular complexity index is 553. The number of nitrogens with zero attached hydrogens (tertiary/aromatic N) is 1. The van der Waals surface area contributed by atoms with Crippen molar-refractivity contribution in [2.45, 2.75) is 19.4 Å². The van der Waals surface area contributed by atoms with Crippen LogP contribution in [0.25, 0.3) is 0 Å². The number of amides is 1. The van der Waals surface area contributed by atoms with E-state index in [0.717, 1.165) is 4.90 Å². The predicted octanol–water partition coefficient (Wildman–Crippen LogP) is 2.04. The van der Waals surface area contributed by atoms with Gasteiger partial charge in [0, 0.05) is 24.7 Å². The Labute approximate surface area is 112 Å². The van der Waals surface area contributed by atoms with Gasteiger partial charge in [-0.3, -0.25) is 9.59 Å². The molecule has 7 heteroatoms. The fourth-order valence-corrected chi connectivity index (χ4v) is 2.45. The van der Waals surface area contributed by atoms with Crippen LogP contribution in [0.3, 0.4) is 0 Å². The number of benzene rings is 1. The van der Waals surface area contributed by atoms with Crippen LogP contribution in [0.2, 0.25) is 0 Å². The number of carbonyl (C=O) groups is 2. The van der Waals surface area contributed by atoms with Crippen LogP contribution in [0.1, 0.15) is 23.7 Å². The van der Waals surface area contributed by atoms with Gasteiger partial charge in [0.15, 0.2) is 0 Å². The number of likely N-dealkylation sites (tertiary alicyclic amines) is 1. The summed E-state index contributed by atoms with van der Waals surface area (Å²) in [5.74, 6) is -6.50. The quantitative estimate of drug-likeness (QED) is 0.905. The summed E-state index contributed by atoms with van der Waals surface area (Å²) in [6.07, 6.45) is 0.215. The maximum Gasteiger partial charge on any atom is 0.308 e. The van der Waals surface area contributed by atoms with Gasteiger partial charge in [-0.2, -0.15) is 0 Å². The average Bonchev–Trinajstić information content (AvgIpc) is 2.69. The lowest BCUT2D eigenvalue weighted by Crippen LogP contribution is -2.38. The first kappa shape index (κ1) is 14.4. The van der Waals surface area contributed by atoms with Crippen LogP contribution in [0.5, 0.6) is 0 Å². The van der Waals surface area contributed by atoms with Crippen molar-refractivity contribution in [3.05, 3.63) is 35.1 Å². The van der Waals surface area contributed by atoms with Gasteiger partial charge in [0.25, 0.3) is 5.91 Å². The Morgan fingerprint density at radius 2 is 1.80 bits per heavy atom. The second-order valence-electron chi connectivity index (χ2n) is 4.72. The molecular formula is C13H12F3NO3. The van der Waals surface area contributed by atoms with Gasteiger partial charge in [0.1, 0.15) is 23.0 Å². The highest BCUT2D eigenvalue weighted by Gasteiger charge is 2.39. The van der Waals surface area contributed by atoms with E-state index < -0.39 is 46.9 Å². The predicted molar refractivity (Wildman–Crippen MR) is 62.6 cm³/mol. The fraction of sp³-hybridized carbons (Fsp3) is 0.385. The Morgan fingerprint density at radius 1 is 1.25 bits per heavy atom. The van der Waals surface area contributed by atoms with Gasteiger partial charge in [0.2, 0.25) is 0 Å². The van der Waals surface area contributed by atoms with Crippen molar-refractivity contribution in [2.75, 3.05) is 6.54 Å². The molecule has 1 aromatic carbocycles. The molecule has 1 heterocycles. The molecule has 0 aromatic heterocycles. The van der Waals surface area contributed by atoms with E-state index in [2.05, 4.69) is 0 Å². The molecule has 0 saturated carbocycles. The van der Waals surface area contributed by atoms with E-state index in [4.69, 9.17) is 5.11 Å². The van der Waals surface area contributed by atoms with E-state index in [0.29, 0.717) is 12.1 Å². The largest absolute Gasteiger partial charge is 0.481 e. The summed E-state index contributed by atoms with van der Waals surface area (Å²) in [6, 6.07) is 0.168. The second kappa shape index (κ2) is 5.15. The Morgan fingerprint density at radius 3 is 2.25 bits per heavy atom. The van der Waals surface area contributed by atoms with Gasteiger partial charge in [-0.25, -0.2) is 13.2 Å². The van der Waals surface area contributed by atoms with Crippen molar-refractivity contribution in [3.8, 4) is 0 Å². The van der Waals surface area contributed by atoms with Gasteiger partial charge >= 0.3 is 5.97 Å². The number of carboxylic acids is 1. The molecule has 1 aliphatic rings. The number of hydrogen-bond donors (Lipinski definition) is 1. The summed E-state index contributed by atoms with van der Waals surface area (Å²) in [5, 5.41) is 8.96. The minimum atomic E-state index is -1.29. The molecule has 2 atom stereocenters. The number of hydrogen-bond acceptors (Lipinski definition) is 2. The maximum atomic E-state index is 13.6. The molecule has 108 valence electrons. The fourth-order valence-electron chi connectivity index (χ4n) is 2.45. The van der Waals surface area contributed by atoms with Crippen LogP contribution in [0, 0.1) is 23.4 Å². The standard InChI is InChI=1S/C13H12F3NO3/c1-6-8(13(19)20)2-3-17(6)12(18)11-9(15)4-7(14)5-10(11)16/h4-6,8H,2-3H2,1H3,(H,19,20). The van der Waals surface area contributed by atoms with Crippen molar-refractivity contribution in [3.63, 3.8) is 0 Å². The van der Waals surface area contributed by atoms with Crippen LogP contribution < -0.4 is 0 Å². The lowest BCUT2D eigenvalue weighted by Gasteiger charge is -2.23. The first-order chi connectivity index (χ1) is 9.32. The van der Waals surface area contributed by atoms with Crippen molar-refractivity contribution >= 4 is 11.9 Å². The van der Waals surface area contributed by atoms with Crippen LogP contribution in [-0.4, -0.2) is 34.5 Å². The van der Waals surface area contributed by atoms with Gasteiger partial charge < -0.3 is 10.0 Å². The van der Waals surface area contributed by atoms with Crippen LogP contribution in [0.15, 0.2) is 12.1 Å². The van der Waals surface area contributed by atoms with Crippen molar-refractivity contribution in [1.29, 1.82) is 0 Å². The van der Waals surface area contributed by atoms with Crippen LogP contribution in [0.4, 0.5) is 13.2 Å². The zero-order valence-corrected chi connectivity index (χ0v) is 10.6. The summed E-state index contributed by atoms with van der Waals surface area (Å²) in [4.78, 5) is 24.2. The Balaban J connectivity index is 2.32. The molecule has 1 N–H and O–H groups in total. The molecule has 4 nitrogen and oxygen atoms in total. The highest BCUT2D eigenvalue weighted by molar-refractivity contribution is 5.95. The van der Waals surface area contributed by atoms with Gasteiger partial charge in [-0.1, -0.05) is 0 Å². The number of rotatable bonds is 2. The lowest BCUT2D eigenvalue weighted by atomic mass is 10.0. The van der Waals surface area contributed by atoms with Gasteiger partial charge in [-0.05, 0) is 13.3 Å². The summed E-state index contributed by atoms with van der Waals surface area (Å²) < 4.78 is 39.9. The van der Waals surface area contributed by atoms with E-state index in [1.165, 1.54) is 6.92 Å². The molecule has 20 heavy (non-hydrogen) atoms. The number of carboxylic acid groups (broad SMARTS) is 1. The van der Waals surface area contributed by atoms with E-state index in [1.54, 1.807) is 0 Å². The highest BCUT2D eigenvalue weighted by Crippen LogP contribution is 2.27. The first-order valence-electron chi connectivity index (χ1n) is 6.01. The maximum absolute atomic E-state index is 13.6. The third-order valence-electron chi connectivity index (χ3n) is 3.55. The third-order valence-corrected chi connectivity index (χ3v) is 3.55. The Kier molecular flexibility index (Phi) is 3.69. The molecule has 0 radical (unpaired) electrons. The summed E-state index contributed by atoms with van der Waals surface area (Å²) in [6.45, 7) is 1.59. The monoisotopic (exact) mass is 287 g/mol. The minimum absolute atomic E-state index is 0.0905. The topological polar surface area (TPSA) is 57.6 Å². The Hall–Kier alpha value is -2.05. The summed E-state index contributed by atoms with van der Waals surface area (Å²) >= 11 is 0. The molecule has 0 spiro atoms. The van der Waals surface area contributed by atoms with Crippen molar-refractivity contribution in [2.24, 2.45) is 5.92 Å². The normalized spacial score (nSPS) is 22.1. The van der Waals surface area contributed by atoms with Crippen LogP contribution >= 0.6 is 0 Å². The third kappa shape index (κ3) is 2.35. The van der Waals surface area contributed by atoms with E-state index in [-0.39, 0.29) is 13.0 Å². The number of carbonyl (C=O) groups excluding carboxylic acids is 1. The molecule has 0 aliphatic carbocycles. The van der Waals surface area contributed by atoms with E-state index in [9.17, 15) is 22.8 Å². The lowest BCUT2D eigenvalue weighted by molar-refractivity contribution is -0.142. The second-order valence-corrected chi connectivity index (χ2v) is 4.72. The molecule has 1 saturated heterocycles. The summed E-state index contributed by atoms with van der Waals surface area (Å²) in [5.41, 5.74) is -0.857. The zero-order chi connectivity index (χ0) is 15.0. The van der Waals surface area contributed by atoms with E-state index in [1.807, 2.05) is 0 Å². The van der Waals surface area contributed by atoms with Gasteiger partial charge in [0.05, 0.1) is 5.92 Å². The average molecular weight is 287 g/mol. The molecule has 1 fully saturated rings. The van der Waals surface area contributed by atoms with Crippen molar-refractivity contribution in [1.82, 2.24) is 4.90 Å². The highest BCUT2D eigenvalue weighted by atomic mass is 19.1.